The van der Waals surface area contributed by atoms with E-state index in [1.54, 1.807) is 0 Å². The van der Waals surface area contributed by atoms with E-state index in [1.807, 2.05) is 0 Å². The van der Waals surface area contributed by atoms with Crippen molar-refractivity contribution in [2.45, 2.75) is 0 Å². The van der Waals surface area contributed by atoms with Crippen molar-refractivity contribution < 1.29 is 23.4 Å². The van der Waals surface area contributed by atoms with E-state index in [2.05, 4.69) is 4.72 Å². The van der Waals surface area contributed by atoms with Gasteiger partial charge in [0.2, 0.25) is 10.0 Å². The zero-order chi connectivity index (χ0) is 14.2. The molecule has 0 saturated carbocycles. The second-order valence-corrected chi connectivity index (χ2v) is 5.79. The maximum atomic E-state index is 11.2. The molecule has 2 aromatic carbocycles. The zero-order valence-electron chi connectivity index (χ0n) is 9.91. The third kappa shape index (κ3) is 2.60. The van der Waals surface area contributed by atoms with E-state index in [1.165, 1.54) is 30.3 Å². The van der Waals surface area contributed by atoms with Crippen LogP contribution in [0.2, 0.25) is 0 Å². The lowest BCUT2D eigenvalue weighted by molar-refractivity contribution is 0.0694. The molecule has 0 radical (unpaired) electrons. The van der Waals surface area contributed by atoms with Gasteiger partial charge >= 0.3 is 5.97 Å². The first kappa shape index (κ1) is 13.2. The summed E-state index contributed by atoms with van der Waals surface area (Å²) in [5.41, 5.74) is 0.0521. The van der Waals surface area contributed by atoms with Gasteiger partial charge in [-0.2, -0.15) is 0 Å². The molecule has 0 bridgehead atoms. The second kappa shape index (κ2) is 4.43. The summed E-state index contributed by atoms with van der Waals surface area (Å²) in [6.45, 7) is 0. The molecule has 0 saturated heterocycles. The number of aromatic hydroxyl groups is 1. The molecule has 0 fully saturated rings. The quantitative estimate of drug-likeness (QED) is 0.793. The summed E-state index contributed by atoms with van der Waals surface area (Å²) in [7, 11) is -3.46. The first-order valence-corrected chi connectivity index (χ1v) is 7.14. The maximum absolute atomic E-state index is 11.2. The predicted octanol–water partition coefficient (Wildman–Crippen LogP) is 1.62. The Morgan fingerprint density at radius 1 is 1.16 bits per heavy atom. The fourth-order valence-corrected chi connectivity index (χ4v) is 2.38. The smallest absolute Gasteiger partial charge is 0.339 e. The highest BCUT2D eigenvalue weighted by Crippen LogP contribution is 2.33. The number of hydrogen-bond donors (Lipinski definition) is 3. The van der Waals surface area contributed by atoms with Gasteiger partial charge in [0.05, 0.1) is 11.9 Å². The van der Waals surface area contributed by atoms with Crippen molar-refractivity contribution in [2.75, 3.05) is 11.0 Å². The van der Waals surface area contributed by atoms with Crippen LogP contribution in [0, 0.1) is 0 Å². The maximum Gasteiger partial charge on any atom is 0.339 e. The summed E-state index contributed by atoms with van der Waals surface area (Å²) in [6.07, 6.45) is 1.01. The number of carboxylic acids is 1. The minimum atomic E-state index is -3.46. The first-order chi connectivity index (χ1) is 8.79. The number of aromatic carboxylic acids is 1. The van der Waals surface area contributed by atoms with Crippen molar-refractivity contribution in [1.82, 2.24) is 0 Å². The summed E-state index contributed by atoms with van der Waals surface area (Å²) in [5.74, 6) is -1.64. The van der Waals surface area contributed by atoms with Crippen molar-refractivity contribution in [1.29, 1.82) is 0 Å². The third-order valence-electron chi connectivity index (χ3n) is 2.56. The van der Waals surface area contributed by atoms with E-state index in [0.29, 0.717) is 5.39 Å². The summed E-state index contributed by atoms with van der Waals surface area (Å²) < 4.78 is 24.8. The Balaban J connectivity index is 2.72. The van der Waals surface area contributed by atoms with Crippen molar-refractivity contribution in [3.8, 4) is 5.75 Å². The number of sulfonamides is 1. The van der Waals surface area contributed by atoms with Crippen molar-refractivity contribution in [3.63, 3.8) is 0 Å². The molecule has 100 valence electrons. The highest BCUT2D eigenvalue weighted by atomic mass is 32.2. The van der Waals surface area contributed by atoms with E-state index in [4.69, 9.17) is 5.11 Å². The normalized spacial score (nSPS) is 11.4. The Hall–Kier alpha value is -2.28. The highest BCUT2D eigenvalue weighted by Gasteiger charge is 2.14. The number of anilines is 1. The van der Waals surface area contributed by atoms with Crippen LogP contribution in [-0.2, 0) is 10.0 Å². The molecule has 0 heterocycles. The van der Waals surface area contributed by atoms with Gasteiger partial charge in [0, 0.05) is 10.8 Å². The van der Waals surface area contributed by atoms with Gasteiger partial charge in [0.15, 0.2) is 0 Å². The lowest BCUT2D eigenvalue weighted by atomic mass is 10.0. The lowest BCUT2D eigenvalue weighted by Gasteiger charge is -2.10. The fraction of sp³-hybridized carbons (Fsp3) is 0.0833. The summed E-state index contributed by atoms with van der Waals surface area (Å²) >= 11 is 0. The molecule has 0 spiro atoms. The zero-order valence-corrected chi connectivity index (χ0v) is 10.7. The van der Waals surface area contributed by atoms with Crippen molar-refractivity contribution in [3.05, 3.63) is 35.9 Å². The van der Waals surface area contributed by atoms with Crippen LogP contribution in [0.3, 0.4) is 0 Å². The standard InChI is InChI=1S/C12H11NO5S/c1-19(17,18)13-10-4-2-3-8-7(10)5-6-9(11(8)14)12(15)16/h2-6,13-14H,1H3,(H,15,16). The molecule has 19 heavy (non-hydrogen) atoms. The monoisotopic (exact) mass is 281 g/mol. The molecular weight excluding hydrogens is 270 g/mol. The number of benzene rings is 2. The van der Waals surface area contributed by atoms with E-state index >= 15 is 0 Å². The molecule has 0 amide bonds. The Kier molecular flexibility index (Phi) is 3.07. The number of nitrogens with one attached hydrogen (secondary N) is 1. The Labute approximate surface area is 109 Å². The van der Waals surface area contributed by atoms with Crippen LogP contribution in [0.15, 0.2) is 30.3 Å². The molecule has 0 atom stereocenters. The highest BCUT2D eigenvalue weighted by molar-refractivity contribution is 7.92. The summed E-state index contributed by atoms with van der Waals surface area (Å²) in [5, 5.41) is 19.5. The van der Waals surface area contributed by atoms with Gasteiger partial charge < -0.3 is 10.2 Å². The fourth-order valence-electron chi connectivity index (χ4n) is 1.80. The minimum absolute atomic E-state index is 0.232. The van der Waals surface area contributed by atoms with Crippen LogP contribution in [0.5, 0.6) is 5.75 Å². The Morgan fingerprint density at radius 3 is 2.42 bits per heavy atom. The molecule has 0 aliphatic rings. The predicted molar refractivity (Wildman–Crippen MR) is 71.0 cm³/mol. The van der Waals surface area contributed by atoms with Crippen LogP contribution < -0.4 is 4.72 Å². The lowest BCUT2D eigenvalue weighted by Crippen LogP contribution is -2.09. The number of phenols is 1. The van der Waals surface area contributed by atoms with E-state index in [9.17, 15) is 18.3 Å². The number of hydrogen-bond acceptors (Lipinski definition) is 4. The van der Waals surface area contributed by atoms with E-state index in [0.717, 1.165) is 6.26 Å². The molecule has 3 N–H and O–H groups in total. The van der Waals surface area contributed by atoms with Crippen LogP contribution in [0.1, 0.15) is 10.4 Å². The van der Waals surface area contributed by atoms with Crippen LogP contribution in [-0.4, -0.2) is 30.9 Å². The van der Waals surface area contributed by atoms with Gasteiger partial charge in [-0.05, 0) is 12.1 Å². The summed E-state index contributed by atoms with van der Waals surface area (Å²) in [6, 6.07) is 7.26. The van der Waals surface area contributed by atoms with Gasteiger partial charge in [-0.25, -0.2) is 13.2 Å². The number of carbonyl (C=O) groups is 1. The Bertz CT molecular complexity index is 767. The van der Waals surface area contributed by atoms with Gasteiger partial charge in [-0.15, -0.1) is 0 Å². The minimum Gasteiger partial charge on any atom is -0.506 e. The van der Waals surface area contributed by atoms with Crippen molar-refractivity contribution in [2.24, 2.45) is 0 Å². The van der Waals surface area contributed by atoms with Crippen LogP contribution >= 0.6 is 0 Å². The van der Waals surface area contributed by atoms with Crippen molar-refractivity contribution >= 4 is 32.5 Å². The average Bonchev–Trinajstić information content (AvgIpc) is 2.28. The topological polar surface area (TPSA) is 104 Å². The molecule has 6 nitrogen and oxygen atoms in total. The van der Waals surface area contributed by atoms with Gasteiger partial charge in [-0.3, -0.25) is 4.72 Å². The van der Waals surface area contributed by atoms with Gasteiger partial charge in [0.1, 0.15) is 11.3 Å². The number of fused-ring (bicyclic) bond motifs is 1. The van der Waals surface area contributed by atoms with Crippen LogP contribution in [0.25, 0.3) is 10.8 Å². The number of carboxylic acid groups (broad SMARTS) is 1. The molecule has 2 rings (SSSR count). The molecule has 7 heteroatoms. The molecule has 0 aliphatic heterocycles. The molecule has 0 aromatic heterocycles. The van der Waals surface area contributed by atoms with Gasteiger partial charge in [0.25, 0.3) is 0 Å². The molecule has 2 aromatic rings. The summed E-state index contributed by atoms with van der Waals surface area (Å²) in [4.78, 5) is 10.9. The second-order valence-electron chi connectivity index (χ2n) is 4.04. The van der Waals surface area contributed by atoms with Gasteiger partial charge in [-0.1, -0.05) is 18.2 Å². The number of rotatable bonds is 3. The third-order valence-corrected chi connectivity index (χ3v) is 3.15. The Morgan fingerprint density at radius 2 is 1.84 bits per heavy atom. The first-order valence-electron chi connectivity index (χ1n) is 5.25. The van der Waals surface area contributed by atoms with Crippen LogP contribution in [0.4, 0.5) is 5.69 Å². The SMILES string of the molecule is CS(=O)(=O)Nc1cccc2c(O)c(C(=O)O)ccc12. The van der Waals surface area contributed by atoms with E-state index < -0.39 is 16.0 Å². The average molecular weight is 281 g/mol. The molecule has 0 unspecified atom stereocenters. The largest absolute Gasteiger partial charge is 0.506 e. The van der Waals surface area contributed by atoms with E-state index in [-0.39, 0.29) is 22.4 Å². The molecule has 0 aliphatic carbocycles. The molecular formula is C12H11NO5S.